The zero-order valence-corrected chi connectivity index (χ0v) is 16.1. The molecule has 2 saturated carbocycles. The maximum Gasteiger partial charge on any atom is 0.259 e. The van der Waals surface area contributed by atoms with Gasteiger partial charge in [-0.25, -0.2) is 9.97 Å². The minimum Gasteiger partial charge on any atom is -0.367 e. The first-order valence-electron chi connectivity index (χ1n) is 10.6. The maximum atomic E-state index is 13.1. The minimum absolute atomic E-state index is 0.0268. The summed E-state index contributed by atoms with van der Waals surface area (Å²) < 4.78 is 12.4. The van der Waals surface area contributed by atoms with E-state index in [1.165, 1.54) is 38.4 Å². The number of rotatable bonds is 6. The summed E-state index contributed by atoms with van der Waals surface area (Å²) in [5.41, 5.74) is 1.17. The van der Waals surface area contributed by atoms with Crippen molar-refractivity contribution in [2.75, 3.05) is 25.1 Å². The Balaban J connectivity index is 1.38. The zero-order chi connectivity index (χ0) is 18.7. The van der Waals surface area contributed by atoms with Crippen molar-refractivity contribution in [3.63, 3.8) is 0 Å². The van der Waals surface area contributed by atoms with Gasteiger partial charge < -0.3 is 10.2 Å². The lowest BCUT2D eigenvalue weighted by Gasteiger charge is -2.33. The van der Waals surface area contributed by atoms with Crippen LogP contribution in [0.1, 0.15) is 74.6 Å². The SMILES string of the molecule is O=C(c1cncnc1NC1CCCC2(CC2)C1)N1CCC(CCCF)CC1. The van der Waals surface area contributed by atoms with Crippen LogP contribution in [0.15, 0.2) is 12.5 Å². The summed E-state index contributed by atoms with van der Waals surface area (Å²) in [6.45, 7) is 1.26. The van der Waals surface area contributed by atoms with Gasteiger partial charge in [-0.15, -0.1) is 0 Å². The number of alkyl halides is 1. The zero-order valence-electron chi connectivity index (χ0n) is 16.1. The van der Waals surface area contributed by atoms with Crippen LogP contribution in [-0.2, 0) is 0 Å². The molecule has 1 aliphatic heterocycles. The highest BCUT2D eigenvalue weighted by molar-refractivity contribution is 5.98. The summed E-state index contributed by atoms with van der Waals surface area (Å²) in [6.07, 6.45) is 14.4. The van der Waals surface area contributed by atoms with E-state index < -0.39 is 0 Å². The molecular weight excluding hydrogens is 343 g/mol. The summed E-state index contributed by atoms with van der Waals surface area (Å²) >= 11 is 0. The van der Waals surface area contributed by atoms with Crippen molar-refractivity contribution in [1.82, 2.24) is 14.9 Å². The molecule has 0 aromatic carbocycles. The number of carbonyl (C=O) groups is 1. The number of amides is 1. The van der Waals surface area contributed by atoms with E-state index in [0.29, 0.717) is 35.2 Å². The van der Waals surface area contributed by atoms with Crippen LogP contribution in [0.5, 0.6) is 0 Å². The second-order valence-electron chi connectivity index (χ2n) is 8.79. The molecule has 148 valence electrons. The Hall–Kier alpha value is -1.72. The molecule has 4 rings (SSSR count). The fraction of sp³-hybridized carbons (Fsp3) is 0.762. The Kier molecular flexibility index (Phi) is 5.60. The van der Waals surface area contributed by atoms with Gasteiger partial charge in [0.25, 0.3) is 5.91 Å². The van der Waals surface area contributed by atoms with Gasteiger partial charge in [0.05, 0.1) is 6.67 Å². The number of nitrogens with zero attached hydrogens (tertiary/aromatic N) is 3. The molecule has 0 radical (unpaired) electrons. The van der Waals surface area contributed by atoms with E-state index in [4.69, 9.17) is 0 Å². The Morgan fingerprint density at radius 3 is 2.81 bits per heavy atom. The van der Waals surface area contributed by atoms with Gasteiger partial charge in [-0.05, 0) is 69.1 Å². The highest BCUT2D eigenvalue weighted by atomic mass is 19.1. The highest BCUT2D eigenvalue weighted by Crippen LogP contribution is 2.56. The van der Waals surface area contributed by atoms with Crippen molar-refractivity contribution >= 4 is 11.7 Å². The first kappa shape index (κ1) is 18.6. The standard InChI is InChI=1S/C21H31FN4O/c22-10-2-3-16-5-11-26(12-6-16)20(27)18-14-23-15-24-19(18)25-17-4-1-7-21(13-17)8-9-21/h14-17H,1-13H2,(H,23,24,25). The fourth-order valence-corrected chi connectivity index (χ4v) is 4.96. The molecule has 0 bridgehead atoms. The number of carbonyl (C=O) groups excluding carboxylic acids is 1. The van der Waals surface area contributed by atoms with Gasteiger partial charge in [0.1, 0.15) is 17.7 Å². The summed E-state index contributed by atoms with van der Waals surface area (Å²) in [4.78, 5) is 23.5. The Bertz CT molecular complexity index is 655. The van der Waals surface area contributed by atoms with Crippen LogP contribution in [0.4, 0.5) is 10.2 Å². The lowest BCUT2D eigenvalue weighted by molar-refractivity contribution is 0.0685. The van der Waals surface area contributed by atoms with Crippen molar-refractivity contribution < 1.29 is 9.18 Å². The fourth-order valence-electron chi connectivity index (χ4n) is 4.96. The largest absolute Gasteiger partial charge is 0.367 e. The van der Waals surface area contributed by atoms with Crippen molar-refractivity contribution in [3.8, 4) is 0 Å². The molecule has 3 fully saturated rings. The molecule has 1 aromatic rings. The third-order valence-electron chi connectivity index (χ3n) is 6.83. The number of piperidine rings is 1. The van der Waals surface area contributed by atoms with Crippen molar-refractivity contribution in [2.24, 2.45) is 11.3 Å². The monoisotopic (exact) mass is 374 g/mol. The summed E-state index contributed by atoms with van der Waals surface area (Å²) in [7, 11) is 0. The van der Waals surface area contributed by atoms with Crippen LogP contribution in [0.2, 0.25) is 0 Å². The number of likely N-dealkylation sites (tertiary alicyclic amines) is 1. The normalized spacial score (nSPS) is 24.8. The third-order valence-corrected chi connectivity index (χ3v) is 6.83. The second kappa shape index (κ2) is 8.11. The first-order valence-corrected chi connectivity index (χ1v) is 10.6. The van der Waals surface area contributed by atoms with Gasteiger partial charge in [-0.2, -0.15) is 0 Å². The molecular formula is C21H31FN4O. The molecule has 1 unspecified atom stereocenters. The summed E-state index contributed by atoms with van der Waals surface area (Å²) in [5.74, 6) is 1.27. The third kappa shape index (κ3) is 4.41. The lowest BCUT2D eigenvalue weighted by atomic mass is 9.83. The minimum atomic E-state index is -0.238. The number of hydrogen-bond acceptors (Lipinski definition) is 4. The average Bonchev–Trinajstić information content (AvgIpc) is 3.45. The van der Waals surface area contributed by atoms with Crippen LogP contribution >= 0.6 is 0 Å². The summed E-state index contributed by atoms with van der Waals surface area (Å²) in [6, 6.07) is 0.411. The molecule has 2 heterocycles. The predicted octanol–water partition coefficient (Wildman–Crippen LogP) is 4.21. The van der Waals surface area contributed by atoms with Crippen molar-refractivity contribution in [2.45, 2.75) is 70.3 Å². The molecule has 1 saturated heterocycles. The number of nitrogens with one attached hydrogen (secondary N) is 1. The number of halogens is 1. The van der Waals surface area contributed by atoms with E-state index in [-0.39, 0.29) is 12.6 Å². The molecule has 1 aromatic heterocycles. The molecule has 2 aliphatic carbocycles. The second-order valence-corrected chi connectivity index (χ2v) is 8.79. The van der Waals surface area contributed by atoms with Crippen molar-refractivity contribution in [3.05, 3.63) is 18.1 Å². The van der Waals surface area contributed by atoms with Crippen LogP contribution in [-0.4, -0.2) is 46.6 Å². The number of anilines is 1. The van der Waals surface area contributed by atoms with E-state index in [1.807, 2.05) is 4.90 Å². The Labute approximate surface area is 161 Å². The molecule has 1 amide bonds. The van der Waals surface area contributed by atoms with Crippen LogP contribution < -0.4 is 5.32 Å². The molecule has 3 aliphatic rings. The van der Waals surface area contributed by atoms with Crippen LogP contribution in [0, 0.1) is 11.3 Å². The Morgan fingerprint density at radius 1 is 1.26 bits per heavy atom. The van der Waals surface area contributed by atoms with Gasteiger partial charge >= 0.3 is 0 Å². The smallest absolute Gasteiger partial charge is 0.259 e. The van der Waals surface area contributed by atoms with Gasteiger partial charge in [0.2, 0.25) is 0 Å². The summed E-state index contributed by atoms with van der Waals surface area (Å²) in [5, 5.41) is 3.56. The predicted molar refractivity (Wildman–Crippen MR) is 103 cm³/mol. The number of hydrogen-bond donors (Lipinski definition) is 1. The van der Waals surface area contributed by atoms with E-state index >= 15 is 0 Å². The molecule has 1 spiro atoms. The highest BCUT2D eigenvalue weighted by Gasteiger charge is 2.45. The van der Waals surface area contributed by atoms with Gasteiger partial charge in [-0.3, -0.25) is 9.18 Å². The van der Waals surface area contributed by atoms with Gasteiger partial charge in [-0.1, -0.05) is 6.42 Å². The molecule has 5 nitrogen and oxygen atoms in total. The molecule has 1 N–H and O–H groups in total. The number of aromatic nitrogens is 2. The molecule has 1 atom stereocenters. The maximum absolute atomic E-state index is 13.1. The van der Waals surface area contributed by atoms with Gasteiger partial charge in [0.15, 0.2) is 0 Å². The topological polar surface area (TPSA) is 58.1 Å². The Morgan fingerprint density at radius 2 is 2.07 bits per heavy atom. The quantitative estimate of drug-likeness (QED) is 0.810. The van der Waals surface area contributed by atoms with Crippen LogP contribution in [0.3, 0.4) is 0 Å². The first-order chi connectivity index (χ1) is 13.2. The van der Waals surface area contributed by atoms with Gasteiger partial charge in [0, 0.05) is 25.3 Å². The molecule has 27 heavy (non-hydrogen) atoms. The van der Waals surface area contributed by atoms with Crippen LogP contribution in [0.25, 0.3) is 0 Å². The average molecular weight is 375 g/mol. The van der Waals surface area contributed by atoms with E-state index in [9.17, 15) is 9.18 Å². The lowest BCUT2D eigenvalue weighted by Crippen LogP contribution is -2.39. The molecule has 6 heteroatoms. The van der Waals surface area contributed by atoms with E-state index in [1.54, 1.807) is 6.20 Å². The van der Waals surface area contributed by atoms with E-state index in [0.717, 1.165) is 38.8 Å². The van der Waals surface area contributed by atoms with E-state index in [2.05, 4.69) is 15.3 Å². The van der Waals surface area contributed by atoms with Crippen molar-refractivity contribution in [1.29, 1.82) is 0 Å².